The monoisotopic (exact) mass is 275 g/mol. The SMILES string of the molecule is COc1ccn(Cc2ccc(Cl)nc2)c(=O)c1C#N. The molecule has 2 rings (SSSR count). The van der Waals surface area contributed by atoms with Crippen molar-refractivity contribution in [1.82, 2.24) is 9.55 Å². The van der Waals surface area contributed by atoms with Gasteiger partial charge in [0.15, 0.2) is 5.56 Å². The number of methoxy groups -OCH3 is 1. The van der Waals surface area contributed by atoms with Gasteiger partial charge in [-0.25, -0.2) is 4.98 Å². The van der Waals surface area contributed by atoms with Crippen molar-refractivity contribution in [3.05, 3.63) is 57.2 Å². The smallest absolute Gasteiger partial charge is 0.272 e. The molecule has 0 atom stereocenters. The maximum atomic E-state index is 12.1. The zero-order chi connectivity index (χ0) is 13.8. The Morgan fingerprint density at radius 3 is 2.84 bits per heavy atom. The van der Waals surface area contributed by atoms with E-state index >= 15 is 0 Å². The van der Waals surface area contributed by atoms with Gasteiger partial charge >= 0.3 is 0 Å². The summed E-state index contributed by atoms with van der Waals surface area (Å²) in [4.78, 5) is 16.0. The standard InChI is InChI=1S/C13H10ClN3O2/c1-19-11-4-5-17(13(18)10(11)6-15)8-9-2-3-12(14)16-7-9/h2-5,7H,8H2,1H3. The first-order chi connectivity index (χ1) is 9.15. The molecule has 5 nitrogen and oxygen atoms in total. The second-order valence-electron chi connectivity index (χ2n) is 3.79. The summed E-state index contributed by atoms with van der Waals surface area (Å²) in [6, 6.07) is 6.87. The van der Waals surface area contributed by atoms with Gasteiger partial charge < -0.3 is 9.30 Å². The summed E-state index contributed by atoms with van der Waals surface area (Å²) >= 11 is 5.69. The zero-order valence-corrected chi connectivity index (χ0v) is 10.9. The van der Waals surface area contributed by atoms with Gasteiger partial charge in [0.2, 0.25) is 0 Å². The quantitative estimate of drug-likeness (QED) is 0.802. The van der Waals surface area contributed by atoms with Gasteiger partial charge in [0, 0.05) is 12.4 Å². The lowest BCUT2D eigenvalue weighted by Gasteiger charge is -2.08. The molecule has 96 valence electrons. The van der Waals surface area contributed by atoms with E-state index in [1.807, 2.05) is 6.07 Å². The average molecular weight is 276 g/mol. The van der Waals surface area contributed by atoms with Gasteiger partial charge in [-0.2, -0.15) is 5.26 Å². The van der Waals surface area contributed by atoms with Crippen molar-refractivity contribution in [1.29, 1.82) is 5.26 Å². The van der Waals surface area contributed by atoms with Crippen molar-refractivity contribution < 1.29 is 4.74 Å². The maximum absolute atomic E-state index is 12.1. The van der Waals surface area contributed by atoms with E-state index < -0.39 is 5.56 Å². The summed E-state index contributed by atoms with van der Waals surface area (Å²) in [6.07, 6.45) is 3.17. The third-order valence-corrected chi connectivity index (χ3v) is 2.82. The van der Waals surface area contributed by atoms with Crippen molar-refractivity contribution >= 4 is 11.6 Å². The van der Waals surface area contributed by atoms with E-state index in [1.165, 1.54) is 11.7 Å². The number of halogens is 1. The fourth-order valence-electron chi connectivity index (χ4n) is 1.65. The number of aromatic nitrogens is 2. The topological polar surface area (TPSA) is 67.9 Å². The van der Waals surface area contributed by atoms with Crippen LogP contribution in [0.2, 0.25) is 5.15 Å². The second kappa shape index (κ2) is 5.55. The van der Waals surface area contributed by atoms with E-state index in [2.05, 4.69) is 4.98 Å². The molecule has 0 N–H and O–H groups in total. The van der Waals surface area contributed by atoms with Crippen molar-refractivity contribution in [3.8, 4) is 11.8 Å². The van der Waals surface area contributed by atoms with Crippen LogP contribution in [0.3, 0.4) is 0 Å². The summed E-state index contributed by atoms with van der Waals surface area (Å²) in [5.74, 6) is 0.276. The van der Waals surface area contributed by atoms with Crippen LogP contribution in [0.4, 0.5) is 0 Å². The zero-order valence-electron chi connectivity index (χ0n) is 10.1. The highest BCUT2D eigenvalue weighted by molar-refractivity contribution is 6.29. The van der Waals surface area contributed by atoms with Crippen LogP contribution in [-0.2, 0) is 6.54 Å². The third kappa shape index (κ3) is 2.75. The first kappa shape index (κ1) is 13.1. The largest absolute Gasteiger partial charge is 0.495 e. The van der Waals surface area contributed by atoms with Crippen LogP contribution in [0.1, 0.15) is 11.1 Å². The Hall–Kier alpha value is -2.32. The summed E-state index contributed by atoms with van der Waals surface area (Å²) in [5.41, 5.74) is 0.421. The highest BCUT2D eigenvalue weighted by atomic mass is 35.5. The van der Waals surface area contributed by atoms with Crippen LogP contribution in [0.25, 0.3) is 0 Å². The van der Waals surface area contributed by atoms with Crippen molar-refractivity contribution in [2.75, 3.05) is 7.11 Å². The van der Waals surface area contributed by atoms with E-state index in [4.69, 9.17) is 21.6 Å². The summed E-state index contributed by atoms with van der Waals surface area (Å²) in [7, 11) is 1.42. The molecule has 0 radical (unpaired) electrons. The predicted octanol–water partition coefficient (Wildman–Crippen LogP) is 1.83. The molecule has 0 saturated heterocycles. The molecule has 2 heterocycles. The fourth-order valence-corrected chi connectivity index (χ4v) is 1.76. The number of nitrogens with zero attached hydrogens (tertiary/aromatic N) is 3. The van der Waals surface area contributed by atoms with Crippen molar-refractivity contribution in [3.63, 3.8) is 0 Å². The molecule has 0 fully saturated rings. The molecule has 0 spiro atoms. The number of rotatable bonds is 3. The first-order valence-corrected chi connectivity index (χ1v) is 5.81. The van der Waals surface area contributed by atoms with E-state index in [0.29, 0.717) is 11.7 Å². The highest BCUT2D eigenvalue weighted by Gasteiger charge is 2.10. The van der Waals surface area contributed by atoms with Gasteiger partial charge in [-0.1, -0.05) is 17.7 Å². The lowest BCUT2D eigenvalue weighted by atomic mass is 10.2. The Balaban J connectivity index is 2.39. The Morgan fingerprint density at radius 1 is 1.47 bits per heavy atom. The lowest BCUT2D eigenvalue weighted by molar-refractivity contribution is 0.411. The predicted molar refractivity (Wildman–Crippen MR) is 70.3 cm³/mol. The van der Waals surface area contributed by atoms with Crippen LogP contribution >= 0.6 is 11.6 Å². The molecule has 0 aliphatic carbocycles. The number of hydrogen-bond donors (Lipinski definition) is 0. The molecule has 0 aliphatic rings. The molecule has 0 amide bonds. The van der Waals surface area contributed by atoms with Gasteiger partial charge in [0.25, 0.3) is 5.56 Å². The summed E-state index contributed by atoms with van der Waals surface area (Å²) < 4.78 is 6.39. The molecular weight excluding hydrogens is 266 g/mol. The van der Waals surface area contributed by atoms with Gasteiger partial charge in [-0.15, -0.1) is 0 Å². The van der Waals surface area contributed by atoms with E-state index in [0.717, 1.165) is 5.56 Å². The van der Waals surface area contributed by atoms with E-state index in [1.54, 1.807) is 30.6 Å². The Labute approximate surface area is 114 Å². The van der Waals surface area contributed by atoms with E-state index in [9.17, 15) is 4.79 Å². The van der Waals surface area contributed by atoms with E-state index in [-0.39, 0.29) is 11.3 Å². The Bertz CT molecular complexity index is 687. The van der Waals surface area contributed by atoms with Gasteiger partial charge in [0.1, 0.15) is 17.0 Å². The minimum atomic E-state index is -0.392. The molecule has 0 bridgehead atoms. The molecule has 0 saturated carbocycles. The van der Waals surface area contributed by atoms with Crippen LogP contribution in [0.5, 0.6) is 5.75 Å². The number of pyridine rings is 2. The summed E-state index contributed by atoms with van der Waals surface area (Å²) in [6.45, 7) is 0.321. The molecule has 2 aromatic rings. The Morgan fingerprint density at radius 2 is 2.26 bits per heavy atom. The van der Waals surface area contributed by atoms with Gasteiger partial charge in [0.05, 0.1) is 13.7 Å². The molecule has 6 heteroatoms. The van der Waals surface area contributed by atoms with Gasteiger partial charge in [-0.3, -0.25) is 4.79 Å². The first-order valence-electron chi connectivity index (χ1n) is 5.43. The molecule has 0 unspecified atom stereocenters. The van der Waals surface area contributed by atoms with Crippen LogP contribution in [0, 0.1) is 11.3 Å². The minimum Gasteiger partial charge on any atom is -0.495 e. The van der Waals surface area contributed by atoms with Crippen LogP contribution < -0.4 is 10.3 Å². The molecule has 0 aliphatic heterocycles. The number of nitriles is 1. The van der Waals surface area contributed by atoms with Crippen molar-refractivity contribution in [2.24, 2.45) is 0 Å². The molecule has 2 aromatic heterocycles. The van der Waals surface area contributed by atoms with Gasteiger partial charge in [-0.05, 0) is 17.7 Å². The molecule has 19 heavy (non-hydrogen) atoms. The van der Waals surface area contributed by atoms with Crippen LogP contribution in [-0.4, -0.2) is 16.7 Å². The Kier molecular flexibility index (Phi) is 3.83. The number of ether oxygens (including phenoxy) is 1. The van der Waals surface area contributed by atoms with Crippen molar-refractivity contribution in [2.45, 2.75) is 6.54 Å². The molecule has 0 aromatic carbocycles. The number of hydrogen-bond acceptors (Lipinski definition) is 4. The normalized spacial score (nSPS) is 9.95. The highest BCUT2D eigenvalue weighted by Crippen LogP contribution is 2.13. The fraction of sp³-hybridized carbons (Fsp3) is 0.154. The lowest BCUT2D eigenvalue weighted by Crippen LogP contribution is -2.23. The summed E-state index contributed by atoms with van der Waals surface area (Å²) in [5, 5.41) is 9.38. The second-order valence-corrected chi connectivity index (χ2v) is 4.18. The average Bonchev–Trinajstić information content (AvgIpc) is 2.43. The molecular formula is C13H10ClN3O2. The minimum absolute atomic E-state index is 0.00748. The third-order valence-electron chi connectivity index (χ3n) is 2.60. The maximum Gasteiger partial charge on any atom is 0.272 e. The van der Waals surface area contributed by atoms with Crippen LogP contribution in [0.15, 0.2) is 35.4 Å².